The Hall–Kier alpha value is -0.310. The highest BCUT2D eigenvalue weighted by atomic mass is 32.2. The predicted octanol–water partition coefficient (Wildman–Crippen LogP) is 1.90. The van der Waals surface area contributed by atoms with Crippen molar-refractivity contribution in [2.75, 3.05) is 6.54 Å². The summed E-state index contributed by atoms with van der Waals surface area (Å²) in [4.78, 5) is 3.74. The van der Waals surface area contributed by atoms with Gasteiger partial charge in [0.1, 0.15) is 0 Å². The summed E-state index contributed by atoms with van der Waals surface area (Å²) in [5.41, 5.74) is 0. The van der Waals surface area contributed by atoms with E-state index in [-0.39, 0.29) is 0 Å². The Labute approximate surface area is 80.2 Å². The maximum Gasteiger partial charge on any atom is 0.0585 e. The van der Waals surface area contributed by atoms with Crippen molar-refractivity contribution in [1.82, 2.24) is 0 Å². The van der Waals surface area contributed by atoms with E-state index in [1.807, 2.05) is 6.08 Å². The third-order valence-electron chi connectivity index (χ3n) is 1.56. The normalized spacial score (nSPS) is 19.0. The molecule has 4 heteroatoms. The van der Waals surface area contributed by atoms with Crippen LogP contribution in [0.25, 0.3) is 0 Å². The number of nitrogens with zero attached hydrogens (tertiary/aromatic N) is 1. The van der Waals surface area contributed by atoms with Gasteiger partial charge in [-0.3, -0.25) is 4.21 Å². The first-order valence-electron chi connectivity index (χ1n) is 3.94. The van der Waals surface area contributed by atoms with E-state index in [0.29, 0.717) is 11.8 Å². The zero-order valence-corrected chi connectivity index (χ0v) is 8.37. The molecule has 0 aromatic carbocycles. The van der Waals surface area contributed by atoms with Gasteiger partial charge < -0.3 is 0 Å². The minimum absolute atomic E-state index is 0.440. The van der Waals surface area contributed by atoms with Crippen LogP contribution in [-0.4, -0.2) is 21.2 Å². The second-order valence-corrected chi connectivity index (χ2v) is 4.44. The number of rotatable bonds is 5. The zero-order valence-electron chi connectivity index (χ0n) is 6.73. The average Bonchev–Trinajstić information content (AvgIpc) is 2.86. The minimum atomic E-state index is -0.735. The van der Waals surface area contributed by atoms with Gasteiger partial charge in [0.2, 0.25) is 0 Å². The summed E-state index contributed by atoms with van der Waals surface area (Å²) in [6.07, 6.45) is 4.96. The van der Waals surface area contributed by atoms with Gasteiger partial charge in [-0.15, -0.1) is 0 Å². The molecule has 0 radical (unpaired) electrons. The highest BCUT2D eigenvalue weighted by Crippen LogP contribution is 2.26. The Kier molecular flexibility index (Phi) is 4.36. The summed E-state index contributed by atoms with van der Waals surface area (Å²) in [7, 11) is -0.735. The Morgan fingerprint density at radius 2 is 2.42 bits per heavy atom. The Balaban J connectivity index is 2.11. The lowest BCUT2D eigenvalue weighted by Gasteiger charge is -1.88. The van der Waals surface area contributed by atoms with Crippen LogP contribution in [0.15, 0.2) is 16.5 Å². The first kappa shape index (κ1) is 9.78. The Bertz CT molecular complexity index is 239. The Morgan fingerprint density at radius 1 is 1.67 bits per heavy atom. The Morgan fingerprint density at radius 3 is 3.00 bits per heavy atom. The second kappa shape index (κ2) is 5.36. The van der Waals surface area contributed by atoms with E-state index in [0.717, 1.165) is 19.3 Å². The van der Waals surface area contributed by atoms with Crippen LogP contribution in [0.4, 0.5) is 0 Å². The molecule has 0 aliphatic heterocycles. The number of aliphatic imine (C=N–C) groups is 1. The molecule has 12 heavy (non-hydrogen) atoms. The lowest BCUT2D eigenvalue weighted by atomic mass is 10.4. The summed E-state index contributed by atoms with van der Waals surface area (Å²) < 4.78 is 11.2. The van der Waals surface area contributed by atoms with Crippen LogP contribution >= 0.6 is 12.2 Å². The van der Waals surface area contributed by atoms with Gasteiger partial charge in [0.25, 0.3) is 0 Å². The van der Waals surface area contributed by atoms with Crippen LogP contribution < -0.4 is 0 Å². The van der Waals surface area contributed by atoms with E-state index in [1.165, 1.54) is 0 Å². The van der Waals surface area contributed by atoms with Crippen molar-refractivity contribution in [1.29, 1.82) is 0 Å². The smallest absolute Gasteiger partial charge is 0.0585 e. The van der Waals surface area contributed by atoms with Crippen LogP contribution in [-0.2, 0) is 10.8 Å². The number of isothiocyanates is 1. The summed E-state index contributed by atoms with van der Waals surface area (Å²) >= 11 is 4.40. The van der Waals surface area contributed by atoms with E-state index in [4.69, 9.17) is 0 Å². The highest BCUT2D eigenvalue weighted by Gasteiger charge is 2.26. The highest BCUT2D eigenvalue weighted by molar-refractivity contribution is 7.88. The molecule has 0 N–H and O–H groups in total. The molecule has 0 heterocycles. The summed E-state index contributed by atoms with van der Waals surface area (Å²) in [6, 6.07) is 0. The van der Waals surface area contributed by atoms with Gasteiger partial charge in [-0.2, -0.15) is 0 Å². The van der Waals surface area contributed by atoms with Crippen molar-refractivity contribution >= 4 is 28.2 Å². The summed E-state index contributed by atoms with van der Waals surface area (Å²) in [5.74, 6) is 0. The molecular formula is C8H11NOS2. The minimum Gasteiger partial charge on any atom is -0.255 e. The van der Waals surface area contributed by atoms with Crippen molar-refractivity contribution in [2.45, 2.75) is 24.5 Å². The molecule has 0 spiro atoms. The van der Waals surface area contributed by atoms with Gasteiger partial charge in [-0.1, -0.05) is 6.08 Å². The largest absolute Gasteiger partial charge is 0.255 e. The summed E-state index contributed by atoms with van der Waals surface area (Å²) in [5, 5.41) is 4.50. The third-order valence-corrected chi connectivity index (χ3v) is 3.27. The molecule has 1 fully saturated rings. The zero-order chi connectivity index (χ0) is 8.81. The van der Waals surface area contributed by atoms with Crippen LogP contribution in [0.5, 0.6) is 0 Å². The molecule has 0 amide bonds. The number of hydrogen-bond acceptors (Lipinski definition) is 3. The van der Waals surface area contributed by atoms with Crippen LogP contribution in [0.1, 0.15) is 19.3 Å². The first-order valence-corrected chi connectivity index (χ1v) is 5.62. The SMILES string of the molecule is O=S(/C=C/CCN=C=S)C1CC1. The van der Waals surface area contributed by atoms with E-state index < -0.39 is 10.8 Å². The van der Waals surface area contributed by atoms with Crippen molar-refractivity contribution in [3.05, 3.63) is 11.5 Å². The molecule has 0 aromatic heterocycles. The van der Waals surface area contributed by atoms with Gasteiger partial charge in [0, 0.05) is 16.0 Å². The second-order valence-electron chi connectivity index (χ2n) is 2.66. The maximum absolute atomic E-state index is 11.2. The topological polar surface area (TPSA) is 29.4 Å². The van der Waals surface area contributed by atoms with Crippen molar-refractivity contribution in [3.8, 4) is 0 Å². The molecule has 2 nitrogen and oxygen atoms in total. The van der Waals surface area contributed by atoms with Gasteiger partial charge in [-0.25, -0.2) is 4.99 Å². The molecule has 1 saturated carbocycles. The quantitative estimate of drug-likeness (QED) is 0.386. The fourth-order valence-corrected chi connectivity index (χ4v) is 2.00. The van der Waals surface area contributed by atoms with Gasteiger partial charge in [-0.05, 0) is 36.9 Å². The predicted molar refractivity (Wildman–Crippen MR) is 54.8 cm³/mol. The molecule has 0 saturated heterocycles. The molecule has 1 aliphatic rings. The van der Waals surface area contributed by atoms with Crippen LogP contribution in [0, 0.1) is 0 Å². The van der Waals surface area contributed by atoms with Crippen molar-refractivity contribution in [2.24, 2.45) is 4.99 Å². The molecule has 66 valence electrons. The van der Waals surface area contributed by atoms with Gasteiger partial charge >= 0.3 is 0 Å². The van der Waals surface area contributed by atoms with Crippen molar-refractivity contribution < 1.29 is 4.21 Å². The molecule has 1 atom stereocenters. The average molecular weight is 201 g/mol. The molecule has 1 aliphatic carbocycles. The molecule has 0 aromatic rings. The molecular weight excluding hydrogens is 190 g/mol. The molecule has 1 rings (SSSR count). The maximum atomic E-state index is 11.2. The van der Waals surface area contributed by atoms with Gasteiger partial charge in [0.15, 0.2) is 0 Å². The first-order chi connectivity index (χ1) is 5.84. The number of hydrogen-bond donors (Lipinski definition) is 0. The van der Waals surface area contributed by atoms with Crippen LogP contribution in [0.3, 0.4) is 0 Å². The summed E-state index contributed by atoms with van der Waals surface area (Å²) in [6.45, 7) is 0.655. The fraction of sp³-hybridized carbons (Fsp3) is 0.625. The number of thiocarbonyl (C=S) groups is 1. The lowest BCUT2D eigenvalue weighted by Crippen LogP contribution is -1.90. The van der Waals surface area contributed by atoms with Crippen molar-refractivity contribution in [3.63, 3.8) is 0 Å². The van der Waals surface area contributed by atoms with E-state index in [1.54, 1.807) is 5.41 Å². The monoisotopic (exact) mass is 201 g/mol. The van der Waals surface area contributed by atoms with E-state index in [9.17, 15) is 4.21 Å². The third kappa shape index (κ3) is 3.90. The fourth-order valence-electron chi connectivity index (χ4n) is 0.759. The van der Waals surface area contributed by atoms with Gasteiger partial charge in [0.05, 0.1) is 11.7 Å². The molecule has 1 unspecified atom stereocenters. The van der Waals surface area contributed by atoms with Crippen LogP contribution in [0.2, 0.25) is 0 Å². The lowest BCUT2D eigenvalue weighted by molar-refractivity contribution is 0.687. The molecule has 0 bridgehead atoms. The van der Waals surface area contributed by atoms with E-state index >= 15 is 0 Å². The standard InChI is InChI=1S/C8H11NOS2/c10-12(8-3-4-8)6-2-1-5-9-7-11/h2,6,8H,1,3-5H2/b6-2+. The van der Waals surface area contributed by atoms with E-state index in [2.05, 4.69) is 22.4 Å².